The van der Waals surface area contributed by atoms with Crippen molar-refractivity contribution in [2.45, 2.75) is 39.0 Å². The molecule has 0 aromatic heterocycles. The fourth-order valence-electron chi connectivity index (χ4n) is 2.54. The van der Waals surface area contributed by atoms with Gasteiger partial charge in [-0.2, -0.15) is 0 Å². The molecule has 0 aliphatic rings. The minimum atomic E-state index is 0.111. The number of amides is 1. The molecule has 1 amide bonds. The van der Waals surface area contributed by atoms with Gasteiger partial charge in [0.2, 0.25) is 5.91 Å². The Kier molecular flexibility index (Phi) is 5.66. The molecule has 0 aliphatic carbocycles. The second kappa shape index (κ2) is 7.52. The van der Waals surface area contributed by atoms with Gasteiger partial charge in [-0.1, -0.05) is 45.0 Å². The lowest BCUT2D eigenvalue weighted by atomic mass is 9.86. The zero-order valence-corrected chi connectivity index (χ0v) is 15.3. The Hall–Kier alpha value is -2.29. The maximum absolute atomic E-state index is 12.4. The first kappa shape index (κ1) is 18.1. The van der Waals surface area contributed by atoms with Crippen LogP contribution < -0.4 is 9.64 Å². The predicted octanol–water partition coefficient (Wildman–Crippen LogP) is 4.59. The van der Waals surface area contributed by atoms with E-state index in [2.05, 4.69) is 45.0 Å². The molecule has 0 radical (unpaired) electrons. The van der Waals surface area contributed by atoms with Crippen LogP contribution in [-0.2, 0) is 16.6 Å². The van der Waals surface area contributed by atoms with Crippen LogP contribution in [0.3, 0.4) is 0 Å². The highest BCUT2D eigenvalue weighted by Gasteiger charge is 2.14. The summed E-state index contributed by atoms with van der Waals surface area (Å²) in [4.78, 5) is 14.1. The minimum absolute atomic E-state index is 0.111. The van der Waals surface area contributed by atoms with E-state index in [-0.39, 0.29) is 11.3 Å². The van der Waals surface area contributed by atoms with E-state index < -0.39 is 0 Å². The Balaban J connectivity index is 1.94. The van der Waals surface area contributed by atoms with Crippen molar-refractivity contribution < 1.29 is 9.53 Å². The van der Waals surface area contributed by atoms with Gasteiger partial charge in [-0.05, 0) is 47.2 Å². The van der Waals surface area contributed by atoms with Gasteiger partial charge in [0, 0.05) is 19.2 Å². The number of rotatable bonds is 5. The van der Waals surface area contributed by atoms with Gasteiger partial charge < -0.3 is 9.64 Å². The molecule has 3 heteroatoms. The van der Waals surface area contributed by atoms with Gasteiger partial charge >= 0.3 is 0 Å². The molecule has 0 aliphatic heterocycles. The fourth-order valence-corrected chi connectivity index (χ4v) is 2.54. The number of hydrogen-bond acceptors (Lipinski definition) is 2. The minimum Gasteiger partial charge on any atom is -0.497 e. The molecule has 0 unspecified atom stereocenters. The first-order chi connectivity index (χ1) is 11.3. The molecule has 0 fully saturated rings. The first-order valence-corrected chi connectivity index (χ1v) is 8.31. The molecule has 0 heterocycles. The number of aryl methyl sites for hydroxylation is 1. The van der Waals surface area contributed by atoms with Crippen molar-refractivity contribution in [3.63, 3.8) is 0 Å². The van der Waals surface area contributed by atoms with Gasteiger partial charge in [0.15, 0.2) is 0 Å². The number of nitrogens with zero attached hydrogens (tertiary/aromatic N) is 1. The van der Waals surface area contributed by atoms with Gasteiger partial charge in [-0.15, -0.1) is 0 Å². The van der Waals surface area contributed by atoms with Crippen LogP contribution in [0.15, 0.2) is 48.5 Å². The van der Waals surface area contributed by atoms with E-state index in [0.717, 1.165) is 17.9 Å². The molecule has 3 nitrogen and oxygen atoms in total. The summed E-state index contributed by atoms with van der Waals surface area (Å²) in [5.74, 6) is 0.901. The third-order valence-corrected chi connectivity index (χ3v) is 4.28. The summed E-state index contributed by atoms with van der Waals surface area (Å²) >= 11 is 0. The number of hydrogen-bond donors (Lipinski definition) is 0. The topological polar surface area (TPSA) is 29.5 Å². The predicted molar refractivity (Wildman–Crippen MR) is 99.9 cm³/mol. The van der Waals surface area contributed by atoms with Crippen LogP contribution in [0.2, 0.25) is 0 Å². The summed E-state index contributed by atoms with van der Waals surface area (Å²) in [6.07, 6.45) is 1.25. The van der Waals surface area contributed by atoms with E-state index in [1.807, 2.05) is 31.3 Å². The lowest BCUT2D eigenvalue weighted by Gasteiger charge is -2.19. The number of ether oxygens (including phenoxy) is 1. The molecule has 0 saturated heterocycles. The smallest absolute Gasteiger partial charge is 0.227 e. The summed E-state index contributed by atoms with van der Waals surface area (Å²) in [7, 11) is 3.45. The van der Waals surface area contributed by atoms with Crippen LogP contribution in [0.5, 0.6) is 5.75 Å². The maximum atomic E-state index is 12.4. The molecule has 0 bridgehead atoms. The quantitative estimate of drug-likeness (QED) is 0.805. The Morgan fingerprint density at radius 1 is 1.00 bits per heavy atom. The van der Waals surface area contributed by atoms with Gasteiger partial charge in [0.1, 0.15) is 5.75 Å². The van der Waals surface area contributed by atoms with E-state index >= 15 is 0 Å². The fraction of sp³-hybridized carbons (Fsp3) is 0.381. The van der Waals surface area contributed by atoms with E-state index in [1.54, 1.807) is 12.0 Å². The standard InChI is InChI=1S/C21H27NO2/c1-21(2,3)17-9-6-16(7-10-17)8-15-20(23)22(4)18-11-13-19(24-5)14-12-18/h6-7,9-14H,8,15H2,1-5H3. The number of methoxy groups -OCH3 is 1. The molecule has 0 N–H and O–H groups in total. The van der Waals surface area contributed by atoms with Crippen molar-refractivity contribution in [1.29, 1.82) is 0 Å². The van der Waals surface area contributed by atoms with E-state index in [9.17, 15) is 4.79 Å². The highest BCUT2D eigenvalue weighted by molar-refractivity contribution is 5.92. The van der Waals surface area contributed by atoms with Crippen molar-refractivity contribution in [3.05, 3.63) is 59.7 Å². The molecule has 24 heavy (non-hydrogen) atoms. The number of carbonyl (C=O) groups excluding carboxylic acids is 1. The second-order valence-corrected chi connectivity index (χ2v) is 7.10. The van der Waals surface area contributed by atoms with Gasteiger partial charge in [0.25, 0.3) is 0 Å². The van der Waals surface area contributed by atoms with Crippen LogP contribution in [-0.4, -0.2) is 20.1 Å². The van der Waals surface area contributed by atoms with Crippen LogP contribution in [0, 0.1) is 0 Å². The summed E-state index contributed by atoms with van der Waals surface area (Å²) in [5.41, 5.74) is 3.54. The average Bonchev–Trinajstić information content (AvgIpc) is 2.58. The summed E-state index contributed by atoms with van der Waals surface area (Å²) in [6, 6.07) is 16.1. The Bertz CT molecular complexity index is 666. The van der Waals surface area contributed by atoms with Gasteiger partial charge in [-0.25, -0.2) is 0 Å². The molecular formula is C21H27NO2. The van der Waals surface area contributed by atoms with Crippen LogP contribution >= 0.6 is 0 Å². The maximum Gasteiger partial charge on any atom is 0.227 e. The lowest BCUT2D eigenvalue weighted by molar-refractivity contribution is -0.118. The van der Waals surface area contributed by atoms with E-state index in [4.69, 9.17) is 4.74 Å². The summed E-state index contributed by atoms with van der Waals surface area (Å²) in [6.45, 7) is 6.61. The molecule has 2 aromatic rings. The molecular weight excluding hydrogens is 298 g/mol. The number of anilines is 1. The van der Waals surface area contributed by atoms with Crippen molar-refractivity contribution >= 4 is 11.6 Å². The summed E-state index contributed by atoms with van der Waals surface area (Å²) < 4.78 is 5.14. The second-order valence-electron chi connectivity index (χ2n) is 7.10. The molecule has 2 rings (SSSR count). The van der Waals surface area contributed by atoms with Crippen LogP contribution in [0.1, 0.15) is 38.3 Å². The normalized spacial score (nSPS) is 11.2. The third-order valence-electron chi connectivity index (χ3n) is 4.28. The lowest BCUT2D eigenvalue weighted by Crippen LogP contribution is -2.26. The highest BCUT2D eigenvalue weighted by atomic mass is 16.5. The SMILES string of the molecule is COc1ccc(N(C)C(=O)CCc2ccc(C(C)(C)C)cc2)cc1. The average molecular weight is 325 g/mol. The van der Waals surface area contributed by atoms with Crippen molar-refractivity contribution in [3.8, 4) is 5.75 Å². The first-order valence-electron chi connectivity index (χ1n) is 8.31. The van der Waals surface area contributed by atoms with Gasteiger partial charge in [0.05, 0.1) is 7.11 Å². The summed E-state index contributed by atoms with van der Waals surface area (Å²) in [5, 5.41) is 0. The van der Waals surface area contributed by atoms with E-state index in [0.29, 0.717) is 6.42 Å². The molecule has 0 spiro atoms. The molecule has 2 aromatic carbocycles. The monoisotopic (exact) mass is 325 g/mol. The van der Waals surface area contributed by atoms with Crippen molar-refractivity contribution in [2.75, 3.05) is 19.1 Å². The van der Waals surface area contributed by atoms with Crippen molar-refractivity contribution in [2.24, 2.45) is 0 Å². The Labute approximate surface area is 145 Å². The van der Waals surface area contributed by atoms with Crippen LogP contribution in [0.4, 0.5) is 5.69 Å². The highest BCUT2D eigenvalue weighted by Crippen LogP contribution is 2.23. The van der Waals surface area contributed by atoms with Gasteiger partial charge in [-0.3, -0.25) is 4.79 Å². The molecule has 128 valence electrons. The zero-order valence-electron chi connectivity index (χ0n) is 15.3. The number of carbonyl (C=O) groups is 1. The Morgan fingerprint density at radius 2 is 1.58 bits per heavy atom. The zero-order chi connectivity index (χ0) is 17.7. The molecule has 0 saturated carbocycles. The third kappa shape index (κ3) is 4.60. The van der Waals surface area contributed by atoms with E-state index in [1.165, 1.54) is 11.1 Å². The van der Waals surface area contributed by atoms with Crippen LogP contribution in [0.25, 0.3) is 0 Å². The largest absolute Gasteiger partial charge is 0.497 e. The van der Waals surface area contributed by atoms with Crippen molar-refractivity contribution in [1.82, 2.24) is 0 Å². The molecule has 0 atom stereocenters. The Morgan fingerprint density at radius 3 is 2.08 bits per heavy atom. The number of benzene rings is 2.